The summed E-state index contributed by atoms with van der Waals surface area (Å²) in [5, 5.41) is 3.01. The first kappa shape index (κ1) is 19.8. The Hall–Kier alpha value is -3.54. The van der Waals surface area contributed by atoms with Gasteiger partial charge in [0.05, 0.1) is 6.54 Å². The van der Waals surface area contributed by atoms with Gasteiger partial charge in [0.1, 0.15) is 0 Å². The summed E-state index contributed by atoms with van der Waals surface area (Å²) in [5.41, 5.74) is 3.28. The molecular weight excluding hydrogens is 376 g/mol. The summed E-state index contributed by atoms with van der Waals surface area (Å²) in [6.45, 7) is 4.13. The summed E-state index contributed by atoms with van der Waals surface area (Å²) in [7, 11) is 0. The number of urea groups is 1. The van der Waals surface area contributed by atoms with Crippen LogP contribution in [0, 0.1) is 0 Å². The van der Waals surface area contributed by atoms with E-state index in [1.165, 1.54) is 5.69 Å². The second-order valence-corrected chi connectivity index (χ2v) is 7.45. The molecule has 0 bridgehead atoms. The predicted octanol–water partition coefficient (Wildman–Crippen LogP) is 2.93. The maximum atomic E-state index is 12.5. The number of piperazine rings is 1. The van der Waals surface area contributed by atoms with Crippen molar-refractivity contribution < 1.29 is 4.79 Å². The molecule has 30 heavy (non-hydrogen) atoms. The van der Waals surface area contributed by atoms with Crippen LogP contribution in [0.1, 0.15) is 11.1 Å². The second-order valence-electron chi connectivity index (χ2n) is 7.45. The summed E-state index contributed by atoms with van der Waals surface area (Å²) in [5.74, 6) is 0. The SMILES string of the molecule is O=C(NCc1ccc(Cn2ccccc2=O)cc1)N1CCN(c2ccccc2)CC1. The summed E-state index contributed by atoms with van der Waals surface area (Å²) in [4.78, 5) is 28.5. The highest BCUT2D eigenvalue weighted by Crippen LogP contribution is 2.15. The van der Waals surface area contributed by atoms with Crippen LogP contribution in [0.4, 0.5) is 10.5 Å². The van der Waals surface area contributed by atoms with Gasteiger partial charge >= 0.3 is 6.03 Å². The van der Waals surface area contributed by atoms with Crippen LogP contribution in [0.5, 0.6) is 0 Å². The molecule has 2 heterocycles. The summed E-state index contributed by atoms with van der Waals surface area (Å²) < 4.78 is 1.67. The van der Waals surface area contributed by atoms with E-state index in [2.05, 4.69) is 22.3 Å². The van der Waals surface area contributed by atoms with Crippen molar-refractivity contribution >= 4 is 11.7 Å². The van der Waals surface area contributed by atoms with E-state index in [-0.39, 0.29) is 11.6 Å². The van der Waals surface area contributed by atoms with Crippen LogP contribution in [-0.4, -0.2) is 41.7 Å². The van der Waals surface area contributed by atoms with Gasteiger partial charge in [0.25, 0.3) is 5.56 Å². The first-order valence-electron chi connectivity index (χ1n) is 10.2. The molecule has 4 rings (SSSR count). The fraction of sp³-hybridized carbons (Fsp3) is 0.250. The summed E-state index contributed by atoms with van der Waals surface area (Å²) >= 11 is 0. The van der Waals surface area contributed by atoms with Gasteiger partial charge in [-0.3, -0.25) is 4.79 Å². The number of para-hydroxylation sites is 1. The minimum absolute atomic E-state index is 0.0128. The quantitative estimate of drug-likeness (QED) is 0.714. The van der Waals surface area contributed by atoms with E-state index in [1.807, 2.05) is 53.4 Å². The third-order valence-electron chi connectivity index (χ3n) is 5.41. The number of anilines is 1. The molecular formula is C24H26N4O2. The zero-order valence-electron chi connectivity index (χ0n) is 16.9. The summed E-state index contributed by atoms with van der Waals surface area (Å²) in [6, 6.07) is 23.4. The molecule has 1 N–H and O–H groups in total. The zero-order valence-corrected chi connectivity index (χ0v) is 16.9. The lowest BCUT2D eigenvalue weighted by Crippen LogP contribution is -2.51. The lowest BCUT2D eigenvalue weighted by atomic mass is 10.1. The molecule has 6 nitrogen and oxygen atoms in total. The highest BCUT2D eigenvalue weighted by atomic mass is 16.2. The van der Waals surface area contributed by atoms with Crippen LogP contribution in [-0.2, 0) is 13.1 Å². The molecule has 6 heteroatoms. The van der Waals surface area contributed by atoms with E-state index in [4.69, 9.17) is 0 Å². The molecule has 3 aromatic rings. The lowest BCUT2D eigenvalue weighted by Gasteiger charge is -2.36. The minimum atomic E-state index is -0.0253. The summed E-state index contributed by atoms with van der Waals surface area (Å²) in [6.07, 6.45) is 1.79. The van der Waals surface area contributed by atoms with Crippen molar-refractivity contribution in [3.8, 4) is 0 Å². The number of amides is 2. The molecule has 1 fully saturated rings. The molecule has 0 spiro atoms. The minimum Gasteiger partial charge on any atom is -0.368 e. The lowest BCUT2D eigenvalue weighted by molar-refractivity contribution is 0.194. The van der Waals surface area contributed by atoms with Crippen molar-refractivity contribution in [3.63, 3.8) is 0 Å². The number of hydrogen-bond donors (Lipinski definition) is 1. The second kappa shape index (κ2) is 9.31. The van der Waals surface area contributed by atoms with Crippen molar-refractivity contribution in [1.29, 1.82) is 0 Å². The fourth-order valence-corrected chi connectivity index (χ4v) is 3.65. The van der Waals surface area contributed by atoms with Crippen LogP contribution >= 0.6 is 0 Å². The Morgan fingerprint density at radius 1 is 0.800 bits per heavy atom. The standard InChI is InChI=1S/C24H26N4O2/c29-23-8-4-5-13-28(23)19-21-11-9-20(10-12-21)18-25-24(30)27-16-14-26(15-17-27)22-6-2-1-3-7-22/h1-13H,14-19H2,(H,25,30). The fourth-order valence-electron chi connectivity index (χ4n) is 3.65. The van der Waals surface area contributed by atoms with Gasteiger partial charge in [0.2, 0.25) is 0 Å². The molecule has 1 aromatic heterocycles. The van der Waals surface area contributed by atoms with Gasteiger partial charge in [-0.2, -0.15) is 0 Å². The average Bonchev–Trinajstić information content (AvgIpc) is 2.80. The molecule has 0 radical (unpaired) electrons. The zero-order chi connectivity index (χ0) is 20.8. The van der Waals surface area contributed by atoms with E-state index in [9.17, 15) is 9.59 Å². The molecule has 0 unspecified atom stereocenters. The number of carbonyl (C=O) groups is 1. The number of carbonyl (C=O) groups excluding carboxylic acids is 1. The van der Waals surface area contributed by atoms with Crippen molar-refractivity contribution in [2.75, 3.05) is 31.1 Å². The maximum Gasteiger partial charge on any atom is 0.317 e. The Balaban J connectivity index is 1.25. The number of nitrogens with zero attached hydrogens (tertiary/aromatic N) is 3. The number of pyridine rings is 1. The van der Waals surface area contributed by atoms with Gasteiger partial charge in [0.15, 0.2) is 0 Å². The number of hydrogen-bond acceptors (Lipinski definition) is 3. The third kappa shape index (κ3) is 4.89. The molecule has 2 amide bonds. The van der Waals surface area contributed by atoms with Gasteiger partial charge in [-0.05, 0) is 29.3 Å². The van der Waals surface area contributed by atoms with Crippen molar-refractivity contribution in [1.82, 2.24) is 14.8 Å². The van der Waals surface area contributed by atoms with Crippen LogP contribution in [0.3, 0.4) is 0 Å². The molecule has 1 aliphatic rings. The van der Waals surface area contributed by atoms with Gasteiger partial charge < -0.3 is 19.7 Å². The van der Waals surface area contributed by atoms with Gasteiger partial charge in [-0.1, -0.05) is 48.5 Å². The van der Waals surface area contributed by atoms with Crippen molar-refractivity contribution in [2.45, 2.75) is 13.1 Å². The van der Waals surface area contributed by atoms with Gasteiger partial charge in [0, 0.05) is 50.7 Å². The highest BCUT2D eigenvalue weighted by Gasteiger charge is 2.20. The Bertz CT molecular complexity index is 1020. The Morgan fingerprint density at radius 3 is 2.17 bits per heavy atom. The molecule has 0 aliphatic carbocycles. The Morgan fingerprint density at radius 2 is 1.47 bits per heavy atom. The molecule has 0 saturated carbocycles. The maximum absolute atomic E-state index is 12.5. The topological polar surface area (TPSA) is 57.6 Å². The smallest absolute Gasteiger partial charge is 0.317 e. The third-order valence-corrected chi connectivity index (χ3v) is 5.41. The Kier molecular flexibility index (Phi) is 6.13. The first-order chi connectivity index (χ1) is 14.7. The number of rotatable bonds is 5. The number of aromatic nitrogens is 1. The molecule has 1 aliphatic heterocycles. The normalized spacial score (nSPS) is 13.9. The number of nitrogens with one attached hydrogen (secondary N) is 1. The predicted molar refractivity (Wildman–Crippen MR) is 119 cm³/mol. The largest absolute Gasteiger partial charge is 0.368 e. The van der Waals surface area contributed by atoms with Crippen LogP contribution in [0.15, 0.2) is 83.8 Å². The van der Waals surface area contributed by atoms with Crippen LogP contribution in [0.2, 0.25) is 0 Å². The average molecular weight is 402 g/mol. The molecule has 1 saturated heterocycles. The highest BCUT2D eigenvalue weighted by molar-refractivity contribution is 5.74. The van der Waals surface area contributed by atoms with E-state index in [1.54, 1.807) is 22.9 Å². The Labute approximate surface area is 176 Å². The molecule has 154 valence electrons. The monoisotopic (exact) mass is 402 g/mol. The van der Waals surface area contributed by atoms with E-state index in [0.29, 0.717) is 26.2 Å². The van der Waals surface area contributed by atoms with E-state index in [0.717, 1.165) is 24.2 Å². The number of benzene rings is 2. The van der Waals surface area contributed by atoms with Gasteiger partial charge in [-0.15, -0.1) is 0 Å². The van der Waals surface area contributed by atoms with Crippen molar-refractivity contribution in [2.24, 2.45) is 0 Å². The van der Waals surface area contributed by atoms with Crippen LogP contribution in [0.25, 0.3) is 0 Å². The first-order valence-corrected chi connectivity index (χ1v) is 10.2. The molecule has 2 aromatic carbocycles. The van der Waals surface area contributed by atoms with E-state index < -0.39 is 0 Å². The van der Waals surface area contributed by atoms with Gasteiger partial charge in [-0.25, -0.2) is 4.79 Å². The molecule has 0 atom stereocenters. The van der Waals surface area contributed by atoms with Crippen molar-refractivity contribution in [3.05, 3.63) is 100 Å². The van der Waals surface area contributed by atoms with E-state index >= 15 is 0 Å². The van der Waals surface area contributed by atoms with Crippen LogP contribution < -0.4 is 15.8 Å².